The predicted octanol–water partition coefficient (Wildman–Crippen LogP) is 5.02. The van der Waals surface area contributed by atoms with E-state index in [4.69, 9.17) is 9.47 Å². The molecule has 0 heterocycles. The number of carbonyl (C=O) groups is 2. The quantitative estimate of drug-likeness (QED) is 0.353. The van der Waals surface area contributed by atoms with Crippen LogP contribution in [0.3, 0.4) is 0 Å². The summed E-state index contributed by atoms with van der Waals surface area (Å²) < 4.78 is 10.8. The van der Waals surface area contributed by atoms with E-state index in [9.17, 15) is 9.59 Å². The van der Waals surface area contributed by atoms with Gasteiger partial charge in [-0.2, -0.15) is 0 Å². The summed E-state index contributed by atoms with van der Waals surface area (Å²) in [7, 11) is 0. The summed E-state index contributed by atoms with van der Waals surface area (Å²) in [6, 6.07) is 6.60. The zero-order chi connectivity index (χ0) is 19.4. The number of benzene rings is 1. The highest BCUT2D eigenvalue weighted by atomic mass is 16.5. The smallest absolute Gasteiger partial charge is 0.340 e. The van der Waals surface area contributed by atoms with Gasteiger partial charge in [-0.3, -0.25) is 0 Å². The minimum atomic E-state index is -0.540. The number of hydrogen-bond donors (Lipinski definition) is 0. The third-order valence-electron chi connectivity index (χ3n) is 3.72. The molecule has 4 nitrogen and oxygen atoms in total. The van der Waals surface area contributed by atoms with Crippen molar-refractivity contribution in [3.63, 3.8) is 0 Å². The molecule has 1 aromatic carbocycles. The maximum atomic E-state index is 12.6. The van der Waals surface area contributed by atoms with E-state index in [0.29, 0.717) is 25.4 Å². The van der Waals surface area contributed by atoms with Crippen LogP contribution in [0.5, 0.6) is 0 Å². The van der Waals surface area contributed by atoms with Gasteiger partial charge in [0.15, 0.2) is 6.10 Å². The molecule has 0 spiro atoms. The lowest BCUT2D eigenvalue weighted by atomic mass is 10.1. The molecule has 4 heteroatoms. The monoisotopic (exact) mass is 358 g/mol. The van der Waals surface area contributed by atoms with Crippen LogP contribution in [0.1, 0.15) is 80.5 Å². The highest BCUT2D eigenvalue weighted by molar-refractivity contribution is 6.03. The molecule has 1 atom stereocenters. The Bertz CT molecular complexity index is 637. The minimum Gasteiger partial charge on any atom is -0.462 e. The molecule has 0 bridgehead atoms. The molecule has 0 fully saturated rings. The lowest BCUT2D eigenvalue weighted by molar-refractivity contribution is 0.0360. The molecule has 142 valence electrons. The van der Waals surface area contributed by atoms with Crippen LogP contribution in [0, 0.1) is 17.8 Å². The number of carbonyl (C=O) groups excluding carboxylic acids is 2. The van der Waals surface area contributed by atoms with Crippen LogP contribution in [0.2, 0.25) is 0 Å². The van der Waals surface area contributed by atoms with E-state index in [0.717, 1.165) is 19.3 Å². The Labute approximate surface area is 157 Å². The Morgan fingerprint density at radius 3 is 2.27 bits per heavy atom. The van der Waals surface area contributed by atoms with Gasteiger partial charge in [0, 0.05) is 6.42 Å². The summed E-state index contributed by atoms with van der Waals surface area (Å²) in [5.41, 5.74) is 0.459. The van der Waals surface area contributed by atoms with Crippen molar-refractivity contribution < 1.29 is 19.1 Å². The average Bonchev–Trinajstić information content (AvgIpc) is 2.62. The largest absolute Gasteiger partial charge is 0.462 e. The lowest BCUT2D eigenvalue weighted by Crippen LogP contribution is -2.21. The van der Waals surface area contributed by atoms with Crippen LogP contribution in [0.15, 0.2) is 24.3 Å². The Morgan fingerprint density at radius 2 is 1.69 bits per heavy atom. The maximum Gasteiger partial charge on any atom is 0.340 e. The van der Waals surface area contributed by atoms with E-state index >= 15 is 0 Å². The molecule has 1 aromatic rings. The van der Waals surface area contributed by atoms with E-state index in [1.165, 1.54) is 0 Å². The fraction of sp³-hybridized carbons (Fsp3) is 0.545. The van der Waals surface area contributed by atoms with Crippen molar-refractivity contribution in [2.45, 2.75) is 65.9 Å². The van der Waals surface area contributed by atoms with Crippen molar-refractivity contribution in [2.75, 3.05) is 6.61 Å². The molecule has 1 unspecified atom stereocenters. The van der Waals surface area contributed by atoms with E-state index in [-0.39, 0.29) is 11.1 Å². The summed E-state index contributed by atoms with van der Waals surface area (Å²) in [4.78, 5) is 24.9. The Kier molecular flexibility index (Phi) is 10.2. The molecule has 1 rings (SSSR count). The fourth-order valence-corrected chi connectivity index (χ4v) is 2.41. The Hall–Kier alpha value is -2.28. The van der Waals surface area contributed by atoms with Crippen LogP contribution in [0.25, 0.3) is 0 Å². The number of hydrogen-bond acceptors (Lipinski definition) is 4. The number of rotatable bonds is 9. The first-order chi connectivity index (χ1) is 12.5. The molecule has 0 aliphatic heterocycles. The molecule has 0 aliphatic rings. The maximum absolute atomic E-state index is 12.6. The van der Waals surface area contributed by atoms with Crippen LogP contribution in [0.4, 0.5) is 0 Å². The molecule has 0 aromatic heterocycles. The fourth-order valence-electron chi connectivity index (χ4n) is 2.41. The first-order valence-corrected chi connectivity index (χ1v) is 9.45. The molecule has 0 saturated carbocycles. The predicted molar refractivity (Wildman–Crippen MR) is 103 cm³/mol. The van der Waals surface area contributed by atoms with Crippen LogP contribution >= 0.6 is 0 Å². The van der Waals surface area contributed by atoms with Gasteiger partial charge in [0.2, 0.25) is 0 Å². The van der Waals surface area contributed by atoms with Gasteiger partial charge < -0.3 is 9.47 Å². The van der Waals surface area contributed by atoms with Gasteiger partial charge >= 0.3 is 11.9 Å². The summed E-state index contributed by atoms with van der Waals surface area (Å²) in [5, 5.41) is 0. The van der Waals surface area contributed by atoms with Gasteiger partial charge in [0.1, 0.15) is 0 Å². The third kappa shape index (κ3) is 7.74. The van der Waals surface area contributed by atoms with Crippen molar-refractivity contribution in [2.24, 2.45) is 5.92 Å². The highest BCUT2D eigenvalue weighted by Crippen LogP contribution is 2.16. The van der Waals surface area contributed by atoms with Gasteiger partial charge in [0.05, 0.1) is 17.7 Å². The first-order valence-electron chi connectivity index (χ1n) is 9.45. The van der Waals surface area contributed by atoms with Crippen molar-refractivity contribution in [3.8, 4) is 11.8 Å². The molecular formula is C22H30O4. The zero-order valence-corrected chi connectivity index (χ0v) is 16.3. The Balaban J connectivity index is 2.86. The molecule has 26 heavy (non-hydrogen) atoms. The molecule has 0 aliphatic carbocycles. The number of ether oxygens (including phenoxy) is 2. The van der Waals surface area contributed by atoms with E-state index in [1.54, 1.807) is 24.3 Å². The van der Waals surface area contributed by atoms with Gasteiger partial charge in [-0.1, -0.05) is 64.5 Å². The molecule has 0 radical (unpaired) electrons. The van der Waals surface area contributed by atoms with Crippen LogP contribution in [-0.4, -0.2) is 24.6 Å². The normalized spacial score (nSPS) is 11.4. The first kappa shape index (κ1) is 21.8. The summed E-state index contributed by atoms with van der Waals surface area (Å²) >= 11 is 0. The second-order valence-corrected chi connectivity index (χ2v) is 6.59. The van der Waals surface area contributed by atoms with E-state index < -0.39 is 18.0 Å². The molecular weight excluding hydrogens is 328 g/mol. The van der Waals surface area contributed by atoms with Gasteiger partial charge in [-0.05, 0) is 30.9 Å². The van der Waals surface area contributed by atoms with Crippen molar-refractivity contribution in [1.82, 2.24) is 0 Å². The average molecular weight is 358 g/mol. The second kappa shape index (κ2) is 12.1. The highest BCUT2D eigenvalue weighted by Gasteiger charge is 2.21. The van der Waals surface area contributed by atoms with Crippen molar-refractivity contribution >= 4 is 11.9 Å². The van der Waals surface area contributed by atoms with Crippen molar-refractivity contribution in [3.05, 3.63) is 35.4 Å². The van der Waals surface area contributed by atoms with Gasteiger partial charge in [-0.15, -0.1) is 0 Å². The van der Waals surface area contributed by atoms with Crippen LogP contribution in [-0.2, 0) is 9.47 Å². The third-order valence-corrected chi connectivity index (χ3v) is 3.72. The topological polar surface area (TPSA) is 52.6 Å². The number of esters is 2. The summed E-state index contributed by atoms with van der Waals surface area (Å²) in [6.07, 6.45) is 3.75. The minimum absolute atomic E-state index is 0.222. The molecule has 0 N–H and O–H groups in total. The standard InChI is InChI=1S/C22H30O4/c1-5-7-11-15-25-21(23)19-13-9-10-14-20(19)22(24)26-18(12-8-6-2)16-17(3)4/h9-10,13-14,17-18H,5-7,11,15-16H2,1-4H3. The van der Waals surface area contributed by atoms with E-state index in [1.807, 2.05) is 6.92 Å². The SMILES string of the molecule is CCC#CC(CC(C)C)OC(=O)c1ccccc1C(=O)OCCCCC. The molecule has 0 saturated heterocycles. The summed E-state index contributed by atoms with van der Waals surface area (Å²) in [5.74, 6) is 5.27. The van der Waals surface area contributed by atoms with Gasteiger partial charge in [-0.25, -0.2) is 9.59 Å². The summed E-state index contributed by atoms with van der Waals surface area (Å²) in [6.45, 7) is 8.49. The molecule has 0 amide bonds. The van der Waals surface area contributed by atoms with Gasteiger partial charge in [0.25, 0.3) is 0 Å². The number of unbranched alkanes of at least 4 members (excludes halogenated alkanes) is 2. The van der Waals surface area contributed by atoms with Crippen molar-refractivity contribution in [1.29, 1.82) is 0 Å². The zero-order valence-electron chi connectivity index (χ0n) is 16.3. The second-order valence-electron chi connectivity index (χ2n) is 6.59. The van der Waals surface area contributed by atoms with Crippen LogP contribution < -0.4 is 0 Å². The van der Waals surface area contributed by atoms with E-state index in [2.05, 4.69) is 32.6 Å². The Morgan fingerprint density at radius 1 is 1.04 bits per heavy atom. The lowest BCUT2D eigenvalue weighted by Gasteiger charge is -2.16.